The maximum atomic E-state index is 13.3. The van der Waals surface area contributed by atoms with Crippen LogP contribution in [0.4, 0.5) is 0 Å². The standard InChI is InChI=1S/C29H38N2O6/c1-8-15-36-22-11-10-21(16-19(22)4)27(32)25-26(31(14-13-30(5)6)29(34)28(25)33)20-9-12-23(37-18(2)3)24(17-20)35-7/h9-12,16-18,26,32H,8,13-15H2,1-7H3/b27-25-. The monoisotopic (exact) mass is 510 g/mol. The maximum absolute atomic E-state index is 13.3. The van der Waals surface area contributed by atoms with Crippen molar-refractivity contribution in [3.05, 3.63) is 58.7 Å². The first-order valence-electron chi connectivity index (χ1n) is 12.6. The summed E-state index contributed by atoms with van der Waals surface area (Å²) in [6, 6.07) is 9.81. The van der Waals surface area contributed by atoms with Crippen molar-refractivity contribution in [3.8, 4) is 17.2 Å². The molecule has 8 nitrogen and oxygen atoms in total. The van der Waals surface area contributed by atoms with Gasteiger partial charge in [0.15, 0.2) is 11.5 Å². The van der Waals surface area contributed by atoms with Crippen LogP contribution >= 0.6 is 0 Å². The highest BCUT2D eigenvalue weighted by Gasteiger charge is 2.46. The Labute approximate surface area is 219 Å². The van der Waals surface area contributed by atoms with Crippen LogP contribution in [-0.4, -0.2) is 73.6 Å². The predicted octanol–water partition coefficient (Wildman–Crippen LogP) is 4.56. The van der Waals surface area contributed by atoms with E-state index in [9.17, 15) is 14.7 Å². The Morgan fingerprint density at radius 1 is 1.08 bits per heavy atom. The number of carbonyl (C=O) groups is 2. The molecule has 1 heterocycles. The number of aliphatic hydroxyl groups excluding tert-OH is 1. The van der Waals surface area contributed by atoms with Gasteiger partial charge in [0.05, 0.1) is 31.4 Å². The minimum Gasteiger partial charge on any atom is -0.507 e. The summed E-state index contributed by atoms with van der Waals surface area (Å²) in [6.07, 6.45) is 0.820. The average molecular weight is 511 g/mol. The zero-order valence-electron chi connectivity index (χ0n) is 22.8. The number of nitrogens with zero attached hydrogens (tertiary/aromatic N) is 2. The molecule has 200 valence electrons. The number of rotatable bonds is 11. The number of methoxy groups -OCH3 is 1. The lowest BCUT2D eigenvalue weighted by atomic mass is 9.94. The Morgan fingerprint density at radius 3 is 2.38 bits per heavy atom. The number of aliphatic hydroxyl groups is 1. The zero-order valence-corrected chi connectivity index (χ0v) is 22.8. The third-order valence-corrected chi connectivity index (χ3v) is 6.10. The number of ether oxygens (including phenoxy) is 3. The van der Waals surface area contributed by atoms with Gasteiger partial charge in [0.1, 0.15) is 11.5 Å². The van der Waals surface area contributed by atoms with Gasteiger partial charge in [-0.2, -0.15) is 0 Å². The molecule has 0 bridgehead atoms. The van der Waals surface area contributed by atoms with Crippen molar-refractivity contribution in [1.29, 1.82) is 0 Å². The first-order chi connectivity index (χ1) is 17.6. The highest BCUT2D eigenvalue weighted by Crippen LogP contribution is 2.42. The average Bonchev–Trinajstić information content (AvgIpc) is 3.11. The van der Waals surface area contributed by atoms with Crippen LogP contribution in [0.5, 0.6) is 17.2 Å². The molecule has 1 amide bonds. The van der Waals surface area contributed by atoms with Gasteiger partial charge in [-0.15, -0.1) is 0 Å². The predicted molar refractivity (Wildman–Crippen MR) is 143 cm³/mol. The van der Waals surface area contributed by atoms with Crippen molar-refractivity contribution < 1.29 is 28.9 Å². The molecule has 0 spiro atoms. The molecule has 0 aromatic heterocycles. The molecule has 37 heavy (non-hydrogen) atoms. The Balaban J connectivity index is 2.14. The number of amides is 1. The van der Waals surface area contributed by atoms with Crippen LogP contribution in [0.25, 0.3) is 5.76 Å². The second-order valence-electron chi connectivity index (χ2n) is 9.70. The Hall–Kier alpha value is -3.52. The quantitative estimate of drug-likeness (QED) is 0.269. The van der Waals surface area contributed by atoms with Gasteiger partial charge in [-0.05, 0) is 82.7 Å². The van der Waals surface area contributed by atoms with E-state index in [2.05, 4.69) is 0 Å². The zero-order chi connectivity index (χ0) is 27.3. The number of hydrogen-bond donors (Lipinski definition) is 1. The van der Waals surface area contributed by atoms with Gasteiger partial charge in [-0.25, -0.2) is 0 Å². The lowest BCUT2D eigenvalue weighted by Gasteiger charge is -2.27. The summed E-state index contributed by atoms with van der Waals surface area (Å²) in [6.45, 7) is 9.20. The Kier molecular flexibility index (Phi) is 9.21. The molecular weight excluding hydrogens is 472 g/mol. The molecule has 1 saturated heterocycles. The van der Waals surface area contributed by atoms with E-state index < -0.39 is 17.7 Å². The van der Waals surface area contributed by atoms with E-state index in [-0.39, 0.29) is 17.4 Å². The Bertz CT molecular complexity index is 1170. The van der Waals surface area contributed by atoms with Gasteiger partial charge < -0.3 is 29.1 Å². The van der Waals surface area contributed by atoms with Crippen molar-refractivity contribution in [2.24, 2.45) is 0 Å². The second-order valence-corrected chi connectivity index (χ2v) is 9.70. The molecule has 1 atom stereocenters. The number of benzene rings is 2. The molecule has 3 rings (SSSR count). The molecular formula is C29H38N2O6. The molecule has 2 aromatic carbocycles. The van der Waals surface area contributed by atoms with Gasteiger partial charge in [-0.3, -0.25) is 9.59 Å². The summed E-state index contributed by atoms with van der Waals surface area (Å²) >= 11 is 0. The number of carbonyl (C=O) groups excluding carboxylic acids is 2. The molecule has 1 aliphatic rings. The van der Waals surface area contributed by atoms with E-state index >= 15 is 0 Å². The van der Waals surface area contributed by atoms with Crippen molar-refractivity contribution >= 4 is 17.4 Å². The summed E-state index contributed by atoms with van der Waals surface area (Å²) in [5.74, 6) is 0.179. The molecule has 1 aliphatic heterocycles. The van der Waals surface area contributed by atoms with Crippen LogP contribution in [0.15, 0.2) is 42.0 Å². The first kappa shape index (κ1) is 28.1. The minimum atomic E-state index is -0.779. The minimum absolute atomic E-state index is 0.0463. The maximum Gasteiger partial charge on any atom is 0.295 e. The molecule has 8 heteroatoms. The van der Waals surface area contributed by atoms with E-state index in [0.29, 0.717) is 48.1 Å². The van der Waals surface area contributed by atoms with E-state index in [1.165, 1.54) is 4.90 Å². The third-order valence-electron chi connectivity index (χ3n) is 6.10. The highest BCUT2D eigenvalue weighted by molar-refractivity contribution is 6.46. The van der Waals surface area contributed by atoms with Gasteiger partial charge in [-0.1, -0.05) is 13.0 Å². The number of likely N-dealkylation sites (N-methyl/N-ethyl adjacent to an activating group) is 1. The SMILES string of the molecule is CCCOc1ccc(/C(O)=C2/C(=O)C(=O)N(CCN(C)C)C2c2ccc(OC(C)C)c(OC)c2)cc1C. The molecule has 1 N–H and O–H groups in total. The van der Waals surface area contributed by atoms with Crippen molar-refractivity contribution in [3.63, 3.8) is 0 Å². The first-order valence-corrected chi connectivity index (χ1v) is 12.6. The largest absolute Gasteiger partial charge is 0.507 e. The summed E-state index contributed by atoms with van der Waals surface area (Å²) in [4.78, 5) is 30.0. The van der Waals surface area contributed by atoms with Crippen LogP contribution in [0.3, 0.4) is 0 Å². The summed E-state index contributed by atoms with van der Waals surface area (Å²) in [7, 11) is 5.34. The summed E-state index contributed by atoms with van der Waals surface area (Å²) in [5, 5.41) is 11.4. The van der Waals surface area contributed by atoms with E-state index in [1.54, 1.807) is 43.5 Å². The number of likely N-dealkylation sites (tertiary alicyclic amines) is 1. The van der Waals surface area contributed by atoms with Crippen LogP contribution < -0.4 is 14.2 Å². The number of aryl methyl sites for hydroxylation is 1. The fraction of sp³-hybridized carbons (Fsp3) is 0.448. The normalized spacial score (nSPS) is 17.1. The van der Waals surface area contributed by atoms with Crippen LogP contribution in [0, 0.1) is 6.92 Å². The fourth-order valence-electron chi connectivity index (χ4n) is 4.30. The Morgan fingerprint density at radius 2 is 1.78 bits per heavy atom. The molecule has 2 aromatic rings. The van der Waals surface area contributed by atoms with E-state index in [0.717, 1.165) is 12.0 Å². The number of ketones is 1. The van der Waals surface area contributed by atoms with Crippen LogP contribution in [-0.2, 0) is 9.59 Å². The molecule has 1 unspecified atom stereocenters. The van der Waals surface area contributed by atoms with Crippen molar-refractivity contribution in [2.75, 3.05) is 40.9 Å². The molecule has 0 aliphatic carbocycles. The lowest BCUT2D eigenvalue weighted by molar-refractivity contribution is -0.140. The van der Waals surface area contributed by atoms with Crippen LogP contribution in [0.2, 0.25) is 0 Å². The highest BCUT2D eigenvalue weighted by atomic mass is 16.5. The van der Waals surface area contributed by atoms with Crippen molar-refractivity contribution in [1.82, 2.24) is 9.80 Å². The topological polar surface area (TPSA) is 88.5 Å². The number of hydrogen-bond acceptors (Lipinski definition) is 7. The van der Waals surface area contributed by atoms with Gasteiger partial charge in [0.25, 0.3) is 11.7 Å². The van der Waals surface area contributed by atoms with Crippen molar-refractivity contribution in [2.45, 2.75) is 46.3 Å². The lowest BCUT2D eigenvalue weighted by Crippen LogP contribution is -2.35. The smallest absolute Gasteiger partial charge is 0.295 e. The summed E-state index contributed by atoms with van der Waals surface area (Å²) in [5.41, 5.74) is 1.97. The van der Waals surface area contributed by atoms with E-state index in [1.807, 2.05) is 46.7 Å². The molecule has 0 radical (unpaired) electrons. The van der Waals surface area contributed by atoms with Gasteiger partial charge in [0, 0.05) is 18.7 Å². The fourth-order valence-corrected chi connectivity index (χ4v) is 4.30. The molecule has 0 saturated carbocycles. The second kappa shape index (κ2) is 12.1. The molecule has 1 fully saturated rings. The van der Waals surface area contributed by atoms with E-state index in [4.69, 9.17) is 14.2 Å². The summed E-state index contributed by atoms with van der Waals surface area (Å²) < 4.78 is 17.2. The van der Waals surface area contributed by atoms with Crippen LogP contribution in [0.1, 0.15) is 49.9 Å². The van der Waals surface area contributed by atoms with Gasteiger partial charge in [0.2, 0.25) is 0 Å². The van der Waals surface area contributed by atoms with Gasteiger partial charge >= 0.3 is 0 Å². The number of Topliss-reactive ketones (excluding diaryl/α,β-unsaturated/α-hetero) is 1. The third kappa shape index (κ3) is 6.25.